The Labute approximate surface area is 165 Å². The maximum atomic E-state index is 14.0. The molecular weight excluding hydrogens is 381 g/mol. The maximum absolute atomic E-state index is 14.0. The highest BCUT2D eigenvalue weighted by molar-refractivity contribution is 7.92. The minimum atomic E-state index is -3.61. The normalized spacial score (nSPS) is 14.8. The third-order valence-corrected chi connectivity index (χ3v) is 6.02. The third kappa shape index (κ3) is 4.44. The van der Waals surface area contributed by atoms with E-state index in [-0.39, 0.29) is 18.3 Å². The van der Waals surface area contributed by atoms with Crippen LogP contribution < -0.4 is 9.21 Å². The number of benzene rings is 2. The Hall–Kier alpha value is -2.61. The van der Waals surface area contributed by atoms with Crippen molar-refractivity contribution in [1.82, 2.24) is 4.90 Å². The molecule has 1 amide bonds. The van der Waals surface area contributed by atoms with E-state index in [1.807, 2.05) is 24.0 Å². The van der Waals surface area contributed by atoms with Gasteiger partial charge in [0.05, 0.1) is 17.6 Å². The number of nitrogens with zero attached hydrogens (tertiary/aromatic N) is 3. The maximum Gasteiger partial charge on any atom is 0.243 e. The molecule has 150 valence electrons. The van der Waals surface area contributed by atoms with Crippen molar-refractivity contribution in [2.75, 3.05) is 48.2 Å². The molecule has 1 aliphatic rings. The van der Waals surface area contributed by atoms with Gasteiger partial charge in [0.25, 0.3) is 0 Å². The summed E-state index contributed by atoms with van der Waals surface area (Å²) in [6, 6.07) is 13.6. The average Bonchev–Trinajstić information content (AvgIpc) is 2.66. The van der Waals surface area contributed by atoms with Gasteiger partial charge in [0, 0.05) is 26.2 Å². The zero-order valence-corrected chi connectivity index (χ0v) is 16.8. The summed E-state index contributed by atoms with van der Waals surface area (Å²) in [4.78, 5) is 16.3. The molecule has 0 saturated carbocycles. The topological polar surface area (TPSA) is 60.9 Å². The van der Waals surface area contributed by atoms with Crippen molar-refractivity contribution in [3.8, 4) is 0 Å². The highest BCUT2D eigenvalue weighted by Crippen LogP contribution is 2.23. The molecular formula is C20H24FN3O3S. The second kappa shape index (κ2) is 8.18. The molecule has 2 aromatic rings. The number of para-hydroxylation sites is 2. The standard InChI is InChI=1S/C20H24FN3O3S/c1-16-7-3-5-9-18(16)24(28(2,26)27)15-20(25)23-13-11-22(12-14-23)19-10-6-4-8-17(19)21/h3-10H,11-15H2,1-2H3. The van der Waals surface area contributed by atoms with Gasteiger partial charge in [-0.3, -0.25) is 9.10 Å². The molecule has 1 saturated heterocycles. The summed E-state index contributed by atoms with van der Waals surface area (Å²) in [6.07, 6.45) is 1.10. The fourth-order valence-electron chi connectivity index (χ4n) is 3.35. The molecule has 8 heteroatoms. The summed E-state index contributed by atoms with van der Waals surface area (Å²) >= 11 is 0. The number of piperazine rings is 1. The Bertz CT molecular complexity index is 957. The van der Waals surface area contributed by atoms with Crippen LogP contribution in [0.15, 0.2) is 48.5 Å². The molecule has 0 bridgehead atoms. The number of halogens is 1. The van der Waals surface area contributed by atoms with Crippen LogP contribution in [0.2, 0.25) is 0 Å². The number of sulfonamides is 1. The van der Waals surface area contributed by atoms with E-state index in [0.717, 1.165) is 16.1 Å². The minimum absolute atomic E-state index is 0.247. The molecule has 1 heterocycles. The molecule has 0 aliphatic carbocycles. The molecule has 0 radical (unpaired) electrons. The van der Waals surface area contributed by atoms with E-state index < -0.39 is 10.0 Å². The minimum Gasteiger partial charge on any atom is -0.366 e. The molecule has 28 heavy (non-hydrogen) atoms. The van der Waals surface area contributed by atoms with Crippen LogP contribution in [0.1, 0.15) is 5.56 Å². The lowest BCUT2D eigenvalue weighted by molar-refractivity contribution is -0.129. The molecule has 2 aromatic carbocycles. The summed E-state index contributed by atoms with van der Waals surface area (Å²) in [7, 11) is -3.61. The Morgan fingerprint density at radius 3 is 2.25 bits per heavy atom. The molecule has 0 unspecified atom stereocenters. The van der Waals surface area contributed by atoms with Crippen LogP contribution >= 0.6 is 0 Å². The van der Waals surface area contributed by atoms with Gasteiger partial charge in [0.15, 0.2) is 0 Å². The summed E-state index contributed by atoms with van der Waals surface area (Å²) in [5.41, 5.74) is 1.81. The first-order valence-electron chi connectivity index (χ1n) is 9.08. The zero-order valence-electron chi connectivity index (χ0n) is 16.0. The van der Waals surface area contributed by atoms with Crippen LogP contribution in [-0.2, 0) is 14.8 Å². The Morgan fingerprint density at radius 2 is 1.64 bits per heavy atom. The lowest BCUT2D eigenvalue weighted by Crippen LogP contribution is -2.52. The predicted octanol–water partition coefficient (Wildman–Crippen LogP) is 2.25. The highest BCUT2D eigenvalue weighted by Gasteiger charge is 2.27. The van der Waals surface area contributed by atoms with E-state index in [2.05, 4.69) is 0 Å². The number of hydrogen-bond acceptors (Lipinski definition) is 4. The zero-order chi connectivity index (χ0) is 20.3. The van der Waals surface area contributed by atoms with Crippen LogP contribution in [0.4, 0.5) is 15.8 Å². The first-order valence-corrected chi connectivity index (χ1v) is 10.9. The number of anilines is 2. The van der Waals surface area contributed by atoms with E-state index in [1.165, 1.54) is 6.07 Å². The number of amides is 1. The molecule has 0 N–H and O–H groups in total. The van der Waals surface area contributed by atoms with Crippen molar-refractivity contribution in [2.45, 2.75) is 6.92 Å². The van der Waals surface area contributed by atoms with Gasteiger partial charge >= 0.3 is 0 Å². The number of hydrogen-bond donors (Lipinski definition) is 0. The van der Waals surface area contributed by atoms with Crippen molar-refractivity contribution in [1.29, 1.82) is 0 Å². The molecule has 3 rings (SSSR count). The first-order chi connectivity index (χ1) is 13.3. The lowest BCUT2D eigenvalue weighted by Gasteiger charge is -2.37. The van der Waals surface area contributed by atoms with E-state index >= 15 is 0 Å². The smallest absolute Gasteiger partial charge is 0.243 e. The molecule has 6 nitrogen and oxygen atoms in total. The Balaban J connectivity index is 1.69. The second-order valence-corrected chi connectivity index (χ2v) is 8.78. The summed E-state index contributed by atoms with van der Waals surface area (Å²) in [5, 5.41) is 0. The third-order valence-electron chi connectivity index (χ3n) is 4.89. The monoisotopic (exact) mass is 405 g/mol. The quantitative estimate of drug-likeness (QED) is 0.766. The summed E-state index contributed by atoms with van der Waals surface area (Å²) in [6.45, 7) is 3.39. The van der Waals surface area contributed by atoms with Crippen molar-refractivity contribution in [2.24, 2.45) is 0 Å². The average molecular weight is 405 g/mol. The Kier molecular flexibility index (Phi) is 5.88. The van der Waals surface area contributed by atoms with Gasteiger partial charge in [-0.05, 0) is 30.7 Å². The predicted molar refractivity (Wildman–Crippen MR) is 109 cm³/mol. The van der Waals surface area contributed by atoms with Gasteiger partial charge in [-0.15, -0.1) is 0 Å². The fraction of sp³-hybridized carbons (Fsp3) is 0.350. The van der Waals surface area contributed by atoms with Gasteiger partial charge < -0.3 is 9.80 Å². The molecule has 1 aliphatic heterocycles. The number of rotatable bonds is 5. The van der Waals surface area contributed by atoms with Crippen molar-refractivity contribution in [3.05, 3.63) is 59.9 Å². The largest absolute Gasteiger partial charge is 0.366 e. The Morgan fingerprint density at radius 1 is 1.04 bits per heavy atom. The molecule has 1 fully saturated rings. The summed E-state index contributed by atoms with van der Waals surface area (Å²) < 4.78 is 39.7. The van der Waals surface area contributed by atoms with Gasteiger partial charge in [-0.1, -0.05) is 30.3 Å². The van der Waals surface area contributed by atoms with Crippen LogP contribution in [-0.4, -0.2) is 58.2 Å². The SMILES string of the molecule is Cc1ccccc1N(CC(=O)N1CCN(c2ccccc2F)CC1)S(C)(=O)=O. The number of carbonyl (C=O) groups excluding carboxylic acids is 1. The van der Waals surface area contributed by atoms with Crippen molar-refractivity contribution >= 4 is 27.3 Å². The second-order valence-electron chi connectivity index (χ2n) is 6.88. The van der Waals surface area contributed by atoms with Crippen molar-refractivity contribution in [3.63, 3.8) is 0 Å². The van der Waals surface area contributed by atoms with Gasteiger partial charge in [-0.25, -0.2) is 12.8 Å². The highest BCUT2D eigenvalue weighted by atomic mass is 32.2. The molecule has 0 spiro atoms. The number of carbonyl (C=O) groups is 1. The molecule has 0 atom stereocenters. The van der Waals surface area contributed by atoms with Gasteiger partial charge in [-0.2, -0.15) is 0 Å². The fourth-order valence-corrected chi connectivity index (χ4v) is 4.26. The van der Waals surface area contributed by atoms with Gasteiger partial charge in [0.1, 0.15) is 12.4 Å². The molecule has 0 aromatic heterocycles. The van der Waals surface area contributed by atoms with Crippen LogP contribution in [0.5, 0.6) is 0 Å². The van der Waals surface area contributed by atoms with E-state index in [0.29, 0.717) is 37.6 Å². The first kappa shape index (κ1) is 20.1. The van der Waals surface area contributed by atoms with Crippen molar-refractivity contribution < 1.29 is 17.6 Å². The van der Waals surface area contributed by atoms with Crippen LogP contribution in [0.25, 0.3) is 0 Å². The van der Waals surface area contributed by atoms with E-state index in [9.17, 15) is 17.6 Å². The lowest BCUT2D eigenvalue weighted by atomic mass is 10.2. The van der Waals surface area contributed by atoms with E-state index in [4.69, 9.17) is 0 Å². The summed E-state index contributed by atoms with van der Waals surface area (Å²) in [5.74, 6) is -0.549. The van der Waals surface area contributed by atoms with E-state index in [1.54, 1.807) is 35.2 Å². The van der Waals surface area contributed by atoms with Gasteiger partial charge in [0.2, 0.25) is 15.9 Å². The van der Waals surface area contributed by atoms with Crippen LogP contribution in [0, 0.1) is 12.7 Å². The number of aryl methyl sites for hydroxylation is 1. The van der Waals surface area contributed by atoms with Crippen LogP contribution in [0.3, 0.4) is 0 Å².